The van der Waals surface area contributed by atoms with Gasteiger partial charge >= 0.3 is 0 Å². The molecule has 3 rings (SSSR count). The highest BCUT2D eigenvalue weighted by Crippen LogP contribution is 2.39. The summed E-state index contributed by atoms with van der Waals surface area (Å²) in [5.74, 6) is -0.221. The van der Waals surface area contributed by atoms with E-state index in [2.05, 4.69) is 11.4 Å². The molecule has 0 aromatic carbocycles. The first-order chi connectivity index (χ1) is 10.0. The molecule has 21 heavy (non-hydrogen) atoms. The van der Waals surface area contributed by atoms with Crippen molar-refractivity contribution in [2.24, 2.45) is 0 Å². The topological polar surface area (TPSA) is 96.0 Å². The average molecular weight is 302 g/mol. The number of nitrogens with one attached hydrogen (secondary N) is 1. The van der Waals surface area contributed by atoms with Gasteiger partial charge in [0.2, 0.25) is 0 Å². The fraction of sp³-hybridized carbons (Fsp3) is 0.143. The zero-order valence-corrected chi connectivity index (χ0v) is 11.4. The fourth-order valence-corrected chi connectivity index (χ4v) is 2.73. The molecule has 6 nitrogen and oxygen atoms in total. The Bertz CT molecular complexity index is 791. The number of allylic oxidation sites excluding steroid dienone is 7. The molecule has 0 fully saturated rings. The van der Waals surface area contributed by atoms with Gasteiger partial charge in [0, 0.05) is 29.3 Å². The van der Waals surface area contributed by atoms with E-state index in [0.29, 0.717) is 28.1 Å². The molecule has 0 radical (unpaired) electrons. The number of ketones is 1. The van der Waals surface area contributed by atoms with Gasteiger partial charge in [-0.1, -0.05) is 17.7 Å². The summed E-state index contributed by atoms with van der Waals surface area (Å²) in [7, 11) is 0. The van der Waals surface area contributed by atoms with E-state index in [1.165, 1.54) is 12.2 Å². The van der Waals surface area contributed by atoms with Crippen LogP contribution in [0.15, 0.2) is 57.1 Å². The van der Waals surface area contributed by atoms with E-state index in [9.17, 15) is 20.2 Å². The van der Waals surface area contributed by atoms with Crippen LogP contribution < -0.4 is 5.32 Å². The Morgan fingerprint density at radius 1 is 1.43 bits per heavy atom. The number of carbonyl (C=O) groups excluding carboxylic acids is 1. The quantitative estimate of drug-likeness (QED) is 0.591. The van der Waals surface area contributed by atoms with Crippen LogP contribution in [0, 0.1) is 21.4 Å². The zero-order valence-electron chi connectivity index (χ0n) is 10.6. The number of nitro groups is 1. The zero-order chi connectivity index (χ0) is 15.1. The van der Waals surface area contributed by atoms with Gasteiger partial charge in [0.1, 0.15) is 11.1 Å². The van der Waals surface area contributed by atoms with Gasteiger partial charge in [-0.3, -0.25) is 14.9 Å². The van der Waals surface area contributed by atoms with E-state index in [0.717, 1.165) is 0 Å². The Morgan fingerprint density at radius 3 is 2.86 bits per heavy atom. The maximum atomic E-state index is 11.7. The molecular weight excluding hydrogens is 294 g/mol. The largest absolute Gasteiger partial charge is 0.353 e. The van der Waals surface area contributed by atoms with Crippen molar-refractivity contribution in [2.75, 3.05) is 0 Å². The van der Waals surface area contributed by atoms with Crippen LogP contribution in [0.2, 0.25) is 0 Å². The molecule has 7 heteroatoms. The number of carbonyl (C=O) groups is 1. The highest BCUT2D eigenvalue weighted by atomic mass is 35.5. The van der Waals surface area contributed by atoms with Crippen molar-refractivity contribution in [2.45, 2.75) is 12.8 Å². The SMILES string of the molecule is N#CC1=C2CC([N+](=O)[O-])=CC=C2NC2=C(Cl)C(=O)CC=C12. The minimum absolute atomic E-state index is 0.0225. The summed E-state index contributed by atoms with van der Waals surface area (Å²) in [6.07, 6.45) is 4.72. The molecule has 0 saturated carbocycles. The van der Waals surface area contributed by atoms with Gasteiger partial charge in [0.25, 0.3) is 5.70 Å². The summed E-state index contributed by atoms with van der Waals surface area (Å²) in [5.41, 5.74) is 2.41. The predicted molar refractivity (Wildman–Crippen MR) is 74.1 cm³/mol. The molecule has 2 aliphatic carbocycles. The molecule has 3 aliphatic rings. The third-order valence-corrected chi connectivity index (χ3v) is 3.93. The van der Waals surface area contributed by atoms with Gasteiger partial charge in [-0.05, 0) is 6.08 Å². The van der Waals surface area contributed by atoms with Gasteiger partial charge in [-0.15, -0.1) is 0 Å². The Kier molecular flexibility index (Phi) is 3.00. The number of fused-ring (bicyclic) bond motifs is 2. The van der Waals surface area contributed by atoms with E-state index in [-0.39, 0.29) is 29.4 Å². The van der Waals surface area contributed by atoms with E-state index in [1.807, 2.05) is 0 Å². The normalized spacial score (nSPS) is 20.6. The van der Waals surface area contributed by atoms with Crippen LogP contribution in [0.5, 0.6) is 0 Å². The Labute approximate surface area is 124 Å². The second kappa shape index (κ2) is 4.72. The van der Waals surface area contributed by atoms with Crippen molar-refractivity contribution >= 4 is 17.4 Å². The Hall–Kier alpha value is -2.65. The third-order valence-electron chi connectivity index (χ3n) is 3.53. The number of halogens is 1. The first-order valence-corrected chi connectivity index (χ1v) is 6.50. The van der Waals surface area contributed by atoms with Crippen LogP contribution in [-0.2, 0) is 4.79 Å². The highest BCUT2D eigenvalue weighted by Gasteiger charge is 2.33. The van der Waals surface area contributed by atoms with Crippen molar-refractivity contribution in [3.05, 3.63) is 67.2 Å². The van der Waals surface area contributed by atoms with Gasteiger partial charge in [-0.25, -0.2) is 0 Å². The average Bonchev–Trinajstić information content (AvgIpc) is 2.48. The summed E-state index contributed by atoms with van der Waals surface area (Å²) < 4.78 is 0. The monoisotopic (exact) mass is 301 g/mol. The molecule has 0 atom stereocenters. The van der Waals surface area contributed by atoms with Crippen LogP contribution in [0.1, 0.15) is 12.8 Å². The number of hydrogen-bond donors (Lipinski definition) is 1. The number of rotatable bonds is 1. The molecule has 1 heterocycles. The van der Waals surface area contributed by atoms with E-state index < -0.39 is 4.92 Å². The van der Waals surface area contributed by atoms with Crippen LogP contribution in [-0.4, -0.2) is 10.7 Å². The van der Waals surface area contributed by atoms with Crippen molar-refractivity contribution in [3.8, 4) is 6.07 Å². The van der Waals surface area contributed by atoms with Gasteiger partial charge in [0.05, 0.1) is 22.6 Å². The molecule has 0 spiro atoms. The number of hydrogen-bond acceptors (Lipinski definition) is 5. The maximum Gasteiger partial charge on any atom is 0.250 e. The molecular formula is C14H8ClN3O3. The minimum Gasteiger partial charge on any atom is -0.353 e. The Morgan fingerprint density at radius 2 is 2.19 bits per heavy atom. The number of Topliss-reactive ketones (excluding diaryl/α,β-unsaturated/α-hetero) is 1. The third kappa shape index (κ3) is 1.99. The van der Waals surface area contributed by atoms with Gasteiger partial charge < -0.3 is 5.32 Å². The molecule has 1 N–H and O–H groups in total. The van der Waals surface area contributed by atoms with Crippen LogP contribution >= 0.6 is 11.6 Å². The second-order valence-corrected chi connectivity index (χ2v) is 5.07. The lowest BCUT2D eigenvalue weighted by Crippen LogP contribution is -2.29. The van der Waals surface area contributed by atoms with Gasteiger partial charge in [0.15, 0.2) is 5.78 Å². The first-order valence-electron chi connectivity index (χ1n) is 6.12. The lowest BCUT2D eigenvalue weighted by molar-refractivity contribution is -0.427. The van der Waals surface area contributed by atoms with Crippen molar-refractivity contribution < 1.29 is 9.72 Å². The molecule has 0 aromatic heterocycles. The van der Waals surface area contributed by atoms with Crippen LogP contribution in [0.4, 0.5) is 0 Å². The maximum absolute atomic E-state index is 11.7. The van der Waals surface area contributed by atoms with Gasteiger partial charge in [-0.2, -0.15) is 5.26 Å². The fourth-order valence-electron chi connectivity index (χ4n) is 2.50. The van der Waals surface area contributed by atoms with Crippen LogP contribution in [0.25, 0.3) is 0 Å². The molecule has 0 saturated heterocycles. The molecule has 104 valence electrons. The summed E-state index contributed by atoms with van der Waals surface area (Å²) in [4.78, 5) is 22.1. The number of nitrogens with zero attached hydrogens (tertiary/aromatic N) is 2. The molecule has 1 aliphatic heterocycles. The first kappa shape index (κ1) is 13.3. The minimum atomic E-state index is -0.466. The standard InChI is InChI=1S/C14H8ClN3O3/c15-13-12(19)4-2-8-10(6-16)9-5-7(18(20)21)1-3-11(9)17-14(8)13/h1-3,17H,4-5H2. The molecule has 0 amide bonds. The predicted octanol–water partition coefficient (Wildman–Crippen LogP) is 2.21. The highest BCUT2D eigenvalue weighted by molar-refractivity contribution is 6.43. The lowest BCUT2D eigenvalue weighted by atomic mass is 9.84. The summed E-state index contributed by atoms with van der Waals surface area (Å²) in [6.45, 7) is 0. The van der Waals surface area contributed by atoms with E-state index in [1.54, 1.807) is 6.08 Å². The Balaban J connectivity index is 2.20. The van der Waals surface area contributed by atoms with E-state index in [4.69, 9.17) is 11.6 Å². The van der Waals surface area contributed by atoms with Crippen LogP contribution in [0.3, 0.4) is 0 Å². The van der Waals surface area contributed by atoms with Crippen molar-refractivity contribution in [1.82, 2.24) is 5.32 Å². The molecule has 0 bridgehead atoms. The lowest BCUT2D eigenvalue weighted by Gasteiger charge is -2.29. The smallest absolute Gasteiger partial charge is 0.250 e. The van der Waals surface area contributed by atoms with Crippen molar-refractivity contribution in [1.29, 1.82) is 5.26 Å². The second-order valence-electron chi connectivity index (χ2n) is 4.70. The van der Waals surface area contributed by atoms with E-state index >= 15 is 0 Å². The number of nitriles is 1. The summed E-state index contributed by atoms with van der Waals surface area (Å²) in [6, 6.07) is 2.07. The molecule has 0 aromatic rings. The summed E-state index contributed by atoms with van der Waals surface area (Å²) in [5, 5.41) is 23.4. The molecule has 0 unspecified atom stereocenters. The van der Waals surface area contributed by atoms with Crippen molar-refractivity contribution in [3.63, 3.8) is 0 Å². The summed E-state index contributed by atoms with van der Waals surface area (Å²) >= 11 is 6.02.